The highest BCUT2D eigenvalue weighted by atomic mass is 79.9. The van der Waals surface area contributed by atoms with Crippen molar-refractivity contribution in [3.05, 3.63) is 28.7 Å². The van der Waals surface area contributed by atoms with Crippen LogP contribution in [0.15, 0.2) is 28.7 Å². The summed E-state index contributed by atoms with van der Waals surface area (Å²) in [7, 11) is 0. The van der Waals surface area contributed by atoms with Crippen LogP contribution in [0, 0.1) is 11.3 Å². The molecule has 1 aromatic rings. The lowest BCUT2D eigenvalue weighted by Gasteiger charge is -2.24. The van der Waals surface area contributed by atoms with Crippen LogP contribution in [-0.2, 0) is 4.79 Å². The monoisotopic (exact) mass is 278 g/mol. The molecule has 0 bridgehead atoms. The van der Waals surface area contributed by atoms with Crippen molar-refractivity contribution < 1.29 is 4.79 Å². The first-order valence-electron chi connectivity index (χ1n) is 5.17. The number of rotatable bonds is 2. The second-order valence-electron chi connectivity index (χ2n) is 3.77. The number of para-hydroxylation sites is 1. The Hall–Kier alpha value is -1.34. The second kappa shape index (κ2) is 4.67. The van der Waals surface area contributed by atoms with Gasteiger partial charge in [0.1, 0.15) is 0 Å². The molecule has 2 rings (SSSR count). The van der Waals surface area contributed by atoms with E-state index in [2.05, 4.69) is 22.0 Å². The van der Waals surface area contributed by atoms with Gasteiger partial charge in [0, 0.05) is 10.9 Å². The van der Waals surface area contributed by atoms with Gasteiger partial charge in [-0.2, -0.15) is 5.26 Å². The van der Waals surface area contributed by atoms with Gasteiger partial charge in [-0.05, 0) is 34.5 Å². The van der Waals surface area contributed by atoms with Crippen LogP contribution < -0.4 is 4.90 Å². The molecule has 1 aliphatic rings. The molecule has 1 saturated heterocycles. The largest absolute Gasteiger partial charge is 0.307 e. The van der Waals surface area contributed by atoms with Gasteiger partial charge in [-0.1, -0.05) is 12.1 Å². The number of hydrogen-bond donors (Lipinski definition) is 0. The average Bonchev–Trinajstić information content (AvgIpc) is 2.62. The van der Waals surface area contributed by atoms with E-state index in [1.165, 1.54) is 0 Å². The van der Waals surface area contributed by atoms with E-state index in [0.717, 1.165) is 16.6 Å². The van der Waals surface area contributed by atoms with Gasteiger partial charge in [-0.3, -0.25) is 4.79 Å². The van der Waals surface area contributed by atoms with Crippen molar-refractivity contribution in [2.75, 3.05) is 4.90 Å². The summed E-state index contributed by atoms with van der Waals surface area (Å²) in [6.45, 7) is 0. The Labute approximate surface area is 103 Å². The molecule has 0 aromatic heterocycles. The Balaban J connectivity index is 2.34. The zero-order valence-electron chi connectivity index (χ0n) is 8.69. The zero-order valence-corrected chi connectivity index (χ0v) is 10.3. The van der Waals surface area contributed by atoms with Crippen molar-refractivity contribution in [3.8, 4) is 6.07 Å². The normalized spacial score (nSPS) is 19.9. The molecule has 82 valence electrons. The molecular weight excluding hydrogens is 268 g/mol. The average molecular weight is 279 g/mol. The topological polar surface area (TPSA) is 44.1 Å². The predicted molar refractivity (Wildman–Crippen MR) is 64.9 cm³/mol. The molecule has 1 fully saturated rings. The van der Waals surface area contributed by atoms with Gasteiger partial charge in [-0.25, -0.2) is 0 Å². The Bertz CT molecular complexity index is 453. The van der Waals surface area contributed by atoms with Gasteiger partial charge in [0.25, 0.3) is 0 Å². The molecule has 3 nitrogen and oxygen atoms in total. The highest BCUT2D eigenvalue weighted by Crippen LogP contribution is 2.33. The van der Waals surface area contributed by atoms with E-state index in [1.54, 1.807) is 4.90 Å². The van der Waals surface area contributed by atoms with Crippen LogP contribution in [0.25, 0.3) is 0 Å². The molecule has 16 heavy (non-hydrogen) atoms. The number of benzene rings is 1. The highest BCUT2D eigenvalue weighted by Gasteiger charge is 2.32. The standard InChI is InChI=1S/C12H11BrN2O/c13-10-3-1-2-4-11(10)15-9(7-8-14)5-6-12(15)16/h1-4,9H,5-7H2. The van der Waals surface area contributed by atoms with E-state index in [4.69, 9.17) is 5.26 Å². The first-order chi connectivity index (χ1) is 7.74. The van der Waals surface area contributed by atoms with Crippen molar-refractivity contribution in [2.24, 2.45) is 0 Å². The maximum absolute atomic E-state index is 11.8. The summed E-state index contributed by atoms with van der Waals surface area (Å²) >= 11 is 3.44. The highest BCUT2D eigenvalue weighted by molar-refractivity contribution is 9.10. The molecule has 1 atom stereocenters. The molecule has 1 aliphatic heterocycles. The molecule has 1 unspecified atom stereocenters. The van der Waals surface area contributed by atoms with Crippen molar-refractivity contribution in [2.45, 2.75) is 25.3 Å². The minimum Gasteiger partial charge on any atom is -0.307 e. The number of hydrogen-bond acceptors (Lipinski definition) is 2. The molecule has 0 N–H and O–H groups in total. The molecular formula is C12H11BrN2O. The SMILES string of the molecule is N#CCC1CCC(=O)N1c1ccccc1Br. The van der Waals surface area contributed by atoms with E-state index in [0.29, 0.717) is 12.8 Å². The van der Waals surface area contributed by atoms with E-state index in [1.807, 2.05) is 24.3 Å². The number of nitriles is 1. The van der Waals surface area contributed by atoms with Crippen LogP contribution in [0.4, 0.5) is 5.69 Å². The molecule has 0 aliphatic carbocycles. The Kier molecular flexibility index (Phi) is 3.25. The number of amides is 1. The number of halogens is 1. The van der Waals surface area contributed by atoms with Crippen LogP contribution in [0.3, 0.4) is 0 Å². The minimum atomic E-state index is 0.0243. The van der Waals surface area contributed by atoms with Crippen LogP contribution in [0.1, 0.15) is 19.3 Å². The number of carbonyl (C=O) groups is 1. The molecule has 4 heteroatoms. The first kappa shape index (κ1) is 11.2. The minimum absolute atomic E-state index is 0.0243. The molecule has 0 saturated carbocycles. The summed E-state index contributed by atoms with van der Waals surface area (Å²) in [4.78, 5) is 13.6. The van der Waals surface area contributed by atoms with Crippen molar-refractivity contribution in [1.29, 1.82) is 5.26 Å². The fraction of sp³-hybridized carbons (Fsp3) is 0.333. The van der Waals surface area contributed by atoms with Crippen molar-refractivity contribution in [3.63, 3.8) is 0 Å². The van der Waals surface area contributed by atoms with E-state index in [9.17, 15) is 4.79 Å². The Morgan fingerprint density at radius 1 is 1.50 bits per heavy atom. The smallest absolute Gasteiger partial charge is 0.227 e. The third kappa shape index (κ3) is 1.96. The lowest BCUT2D eigenvalue weighted by atomic mass is 10.1. The fourth-order valence-corrected chi connectivity index (χ4v) is 2.50. The van der Waals surface area contributed by atoms with Crippen molar-refractivity contribution >= 4 is 27.5 Å². The number of carbonyl (C=O) groups excluding carboxylic acids is 1. The Morgan fingerprint density at radius 3 is 2.94 bits per heavy atom. The summed E-state index contributed by atoms with van der Waals surface area (Å²) in [5, 5.41) is 8.75. The first-order valence-corrected chi connectivity index (χ1v) is 5.97. The van der Waals surface area contributed by atoms with Gasteiger partial charge in [0.15, 0.2) is 0 Å². The quantitative estimate of drug-likeness (QED) is 0.835. The summed E-state index contributed by atoms with van der Waals surface area (Å²) < 4.78 is 0.896. The third-order valence-electron chi connectivity index (χ3n) is 2.76. The summed E-state index contributed by atoms with van der Waals surface area (Å²) in [6, 6.07) is 9.78. The van der Waals surface area contributed by atoms with Crippen LogP contribution in [0.5, 0.6) is 0 Å². The lowest BCUT2D eigenvalue weighted by Crippen LogP contribution is -2.32. The molecule has 0 radical (unpaired) electrons. The number of nitrogens with zero attached hydrogens (tertiary/aromatic N) is 2. The van der Waals surface area contributed by atoms with Gasteiger partial charge >= 0.3 is 0 Å². The summed E-state index contributed by atoms with van der Waals surface area (Å²) in [5.74, 6) is 0.104. The van der Waals surface area contributed by atoms with Crippen LogP contribution in [0.2, 0.25) is 0 Å². The lowest BCUT2D eigenvalue weighted by molar-refractivity contribution is -0.117. The van der Waals surface area contributed by atoms with Crippen molar-refractivity contribution in [1.82, 2.24) is 0 Å². The maximum atomic E-state index is 11.8. The van der Waals surface area contributed by atoms with Gasteiger partial charge < -0.3 is 4.90 Å². The van der Waals surface area contributed by atoms with E-state index in [-0.39, 0.29) is 11.9 Å². The fourth-order valence-electron chi connectivity index (χ4n) is 2.02. The zero-order chi connectivity index (χ0) is 11.5. The maximum Gasteiger partial charge on any atom is 0.227 e. The Morgan fingerprint density at radius 2 is 2.25 bits per heavy atom. The second-order valence-corrected chi connectivity index (χ2v) is 4.62. The van der Waals surface area contributed by atoms with Gasteiger partial charge in [-0.15, -0.1) is 0 Å². The molecule has 1 heterocycles. The summed E-state index contributed by atoms with van der Waals surface area (Å²) in [5.41, 5.74) is 0.866. The van der Waals surface area contributed by atoms with Crippen LogP contribution >= 0.6 is 15.9 Å². The molecule has 0 spiro atoms. The molecule has 1 aromatic carbocycles. The predicted octanol–water partition coefficient (Wildman–Crippen LogP) is 2.86. The van der Waals surface area contributed by atoms with Gasteiger partial charge in [0.2, 0.25) is 5.91 Å². The molecule has 1 amide bonds. The summed E-state index contributed by atoms with van der Waals surface area (Å²) in [6.07, 6.45) is 1.70. The van der Waals surface area contributed by atoms with E-state index < -0.39 is 0 Å². The van der Waals surface area contributed by atoms with Gasteiger partial charge in [0.05, 0.1) is 24.2 Å². The number of anilines is 1. The third-order valence-corrected chi connectivity index (χ3v) is 3.43. The van der Waals surface area contributed by atoms with Crippen LogP contribution in [-0.4, -0.2) is 11.9 Å². The van der Waals surface area contributed by atoms with E-state index >= 15 is 0 Å².